The minimum absolute atomic E-state index is 0.187. The number of imide groups is 1. The molecule has 0 spiro atoms. The summed E-state index contributed by atoms with van der Waals surface area (Å²) in [5.74, 6) is -2.34. The third-order valence-electron chi connectivity index (χ3n) is 2.83. The highest BCUT2D eigenvalue weighted by atomic mass is 16.4. The Balaban J connectivity index is 2.26. The van der Waals surface area contributed by atoms with E-state index >= 15 is 0 Å². The molecule has 0 aromatic carbocycles. The summed E-state index contributed by atoms with van der Waals surface area (Å²) in [5.41, 5.74) is 0. The molecule has 0 saturated carbocycles. The molecule has 0 aromatic rings. The van der Waals surface area contributed by atoms with E-state index in [4.69, 9.17) is 5.11 Å². The molecule has 1 saturated heterocycles. The second kappa shape index (κ2) is 6.72. The summed E-state index contributed by atoms with van der Waals surface area (Å²) >= 11 is 0. The Kier molecular flexibility index (Phi) is 5.28. The maximum atomic E-state index is 11.5. The lowest BCUT2D eigenvalue weighted by atomic mass is 10.1. The van der Waals surface area contributed by atoms with Gasteiger partial charge in [0.25, 0.3) is 0 Å². The van der Waals surface area contributed by atoms with E-state index in [0.717, 1.165) is 0 Å². The molecule has 1 aliphatic rings. The summed E-state index contributed by atoms with van der Waals surface area (Å²) < 4.78 is 0. The highest BCUT2D eigenvalue weighted by Crippen LogP contribution is 2.04. The number of carbonyl (C=O) groups excluding carboxylic acids is 3. The Labute approximate surface area is 109 Å². The van der Waals surface area contributed by atoms with Gasteiger partial charge in [-0.15, -0.1) is 0 Å². The number of hydrogen-bond acceptors (Lipinski definition) is 4. The zero-order valence-corrected chi connectivity index (χ0v) is 10.6. The first-order chi connectivity index (χ1) is 8.90. The molecule has 4 N–H and O–H groups in total. The van der Waals surface area contributed by atoms with E-state index in [1.54, 1.807) is 6.92 Å². The molecule has 1 rings (SSSR count). The van der Waals surface area contributed by atoms with Crippen LogP contribution < -0.4 is 16.0 Å². The smallest absolute Gasteiger partial charge is 0.315 e. The Hall–Kier alpha value is -2.12. The molecule has 19 heavy (non-hydrogen) atoms. The molecule has 2 unspecified atom stereocenters. The van der Waals surface area contributed by atoms with Crippen LogP contribution in [0, 0.1) is 5.92 Å². The van der Waals surface area contributed by atoms with Crippen LogP contribution in [0.4, 0.5) is 4.79 Å². The molecular weight excluding hydrogens is 254 g/mol. The third kappa shape index (κ3) is 4.94. The van der Waals surface area contributed by atoms with E-state index in [1.807, 2.05) is 0 Å². The monoisotopic (exact) mass is 271 g/mol. The van der Waals surface area contributed by atoms with E-state index in [1.165, 1.54) is 0 Å². The Morgan fingerprint density at radius 2 is 2.16 bits per heavy atom. The van der Waals surface area contributed by atoms with Gasteiger partial charge >= 0.3 is 12.0 Å². The van der Waals surface area contributed by atoms with Crippen molar-refractivity contribution in [1.82, 2.24) is 16.0 Å². The van der Waals surface area contributed by atoms with Gasteiger partial charge in [-0.25, -0.2) is 4.79 Å². The van der Waals surface area contributed by atoms with Crippen molar-refractivity contribution in [3.05, 3.63) is 0 Å². The van der Waals surface area contributed by atoms with Crippen molar-refractivity contribution in [1.29, 1.82) is 0 Å². The number of hydrogen-bond donors (Lipinski definition) is 4. The first-order valence-electron chi connectivity index (χ1n) is 6.01. The van der Waals surface area contributed by atoms with Crippen LogP contribution in [0.2, 0.25) is 0 Å². The third-order valence-corrected chi connectivity index (χ3v) is 2.83. The summed E-state index contributed by atoms with van der Waals surface area (Å²) in [6.07, 6.45) is 0.758. The van der Waals surface area contributed by atoms with E-state index < -0.39 is 29.9 Å². The van der Waals surface area contributed by atoms with Gasteiger partial charge in [0.15, 0.2) is 0 Å². The average molecular weight is 271 g/mol. The lowest BCUT2D eigenvalue weighted by molar-refractivity contribution is -0.141. The molecule has 106 valence electrons. The molecule has 0 bridgehead atoms. The fourth-order valence-corrected chi connectivity index (χ4v) is 1.57. The van der Waals surface area contributed by atoms with Crippen molar-refractivity contribution in [3.63, 3.8) is 0 Å². The van der Waals surface area contributed by atoms with Crippen LogP contribution >= 0.6 is 0 Å². The molecular formula is C11H17N3O5. The van der Waals surface area contributed by atoms with E-state index in [-0.39, 0.29) is 25.3 Å². The molecule has 0 aliphatic carbocycles. The van der Waals surface area contributed by atoms with Crippen molar-refractivity contribution in [2.75, 3.05) is 6.54 Å². The summed E-state index contributed by atoms with van der Waals surface area (Å²) in [6, 6.07) is -1.28. The second-order valence-electron chi connectivity index (χ2n) is 4.43. The van der Waals surface area contributed by atoms with Crippen LogP contribution in [0.25, 0.3) is 0 Å². The van der Waals surface area contributed by atoms with Crippen molar-refractivity contribution in [2.45, 2.75) is 32.2 Å². The van der Waals surface area contributed by atoms with E-state index in [2.05, 4.69) is 16.0 Å². The van der Waals surface area contributed by atoms with Crippen LogP contribution in [-0.2, 0) is 14.4 Å². The first-order valence-corrected chi connectivity index (χ1v) is 6.01. The Bertz CT molecular complexity index is 396. The topological polar surface area (TPSA) is 125 Å². The highest BCUT2D eigenvalue weighted by molar-refractivity contribution is 6.01. The molecule has 8 heteroatoms. The molecule has 1 heterocycles. The number of carboxylic acids is 1. The largest absolute Gasteiger partial charge is 0.481 e. The zero-order chi connectivity index (χ0) is 14.4. The number of carboxylic acid groups (broad SMARTS) is 1. The maximum absolute atomic E-state index is 11.5. The van der Waals surface area contributed by atoms with Gasteiger partial charge in [-0.2, -0.15) is 0 Å². The molecule has 8 nitrogen and oxygen atoms in total. The summed E-state index contributed by atoms with van der Waals surface area (Å²) in [5, 5.41) is 15.7. The number of piperidine rings is 1. The van der Waals surface area contributed by atoms with Crippen LogP contribution in [0.15, 0.2) is 0 Å². The minimum Gasteiger partial charge on any atom is -0.481 e. The SMILES string of the molecule is CC(CCNC(=O)NC1CCC(=O)NC1=O)C(=O)O. The van der Waals surface area contributed by atoms with Gasteiger partial charge in [-0.05, 0) is 12.8 Å². The lowest BCUT2D eigenvalue weighted by Crippen LogP contribution is -2.54. The Morgan fingerprint density at radius 1 is 1.47 bits per heavy atom. The van der Waals surface area contributed by atoms with Gasteiger partial charge < -0.3 is 15.7 Å². The average Bonchev–Trinajstić information content (AvgIpc) is 2.32. The lowest BCUT2D eigenvalue weighted by Gasteiger charge is -2.22. The van der Waals surface area contributed by atoms with Crippen molar-refractivity contribution < 1.29 is 24.3 Å². The fraction of sp³-hybridized carbons (Fsp3) is 0.636. The van der Waals surface area contributed by atoms with Gasteiger partial charge in [0.2, 0.25) is 11.8 Å². The maximum Gasteiger partial charge on any atom is 0.315 e. The number of carbonyl (C=O) groups is 4. The van der Waals surface area contributed by atoms with Gasteiger partial charge in [0.05, 0.1) is 5.92 Å². The first kappa shape index (κ1) is 14.9. The molecule has 0 radical (unpaired) electrons. The summed E-state index contributed by atoms with van der Waals surface area (Å²) in [7, 11) is 0. The predicted octanol–water partition coefficient (Wildman–Crippen LogP) is -0.798. The second-order valence-corrected chi connectivity index (χ2v) is 4.43. The number of aliphatic carboxylic acids is 1. The highest BCUT2D eigenvalue weighted by Gasteiger charge is 2.27. The van der Waals surface area contributed by atoms with E-state index in [9.17, 15) is 19.2 Å². The summed E-state index contributed by atoms with van der Waals surface area (Å²) in [6.45, 7) is 1.74. The number of urea groups is 1. The fourth-order valence-electron chi connectivity index (χ4n) is 1.57. The van der Waals surface area contributed by atoms with Crippen LogP contribution in [-0.4, -0.2) is 41.5 Å². The molecule has 4 amide bonds. The van der Waals surface area contributed by atoms with Gasteiger partial charge in [-0.3, -0.25) is 19.7 Å². The van der Waals surface area contributed by atoms with Gasteiger partial charge in [0.1, 0.15) is 6.04 Å². The summed E-state index contributed by atoms with van der Waals surface area (Å²) in [4.78, 5) is 44.3. The van der Waals surface area contributed by atoms with Crippen molar-refractivity contribution in [2.24, 2.45) is 5.92 Å². The molecule has 1 aliphatic heterocycles. The number of rotatable bonds is 5. The van der Waals surface area contributed by atoms with Crippen LogP contribution in [0.5, 0.6) is 0 Å². The van der Waals surface area contributed by atoms with E-state index in [0.29, 0.717) is 6.42 Å². The van der Waals surface area contributed by atoms with Gasteiger partial charge in [0, 0.05) is 13.0 Å². The van der Waals surface area contributed by atoms with Crippen LogP contribution in [0.3, 0.4) is 0 Å². The quantitative estimate of drug-likeness (QED) is 0.487. The number of amides is 4. The van der Waals surface area contributed by atoms with Crippen molar-refractivity contribution >= 4 is 23.8 Å². The van der Waals surface area contributed by atoms with Crippen LogP contribution in [0.1, 0.15) is 26.2 Å². The number of nitrogens with one attached hydrogen (secondary N) is 3. The normalized spacial score (nSPS) is 20.4. The molecule has 0 aromatic heterocycles. The zero-order valence-electron chi connectivity index (χ0n) is 10.6. The molecule has 2 atom stereocenters. The predicted molar refractivity (Wildman–Crippen MR) is 64.1 cm³/mol. The minimum atomic E-state index is -0.924. The molecule has 1 fully saturated rings. The standard InChI is InChI=1S/C11H17N3O5/c1-6(10(17)18)4-5-12-11(19)13-7-2-3-8(15)14-9(7)16/h6-7H,2-5H2,1H3,(H,17,18)(H2,12,13,19)(H,14,15,16). The Morgan fingerprint density at radius 3 is 2.74 bits per heavy atom. The van der Waals surface area contributed by atoms with Gasteiger partial charge in [-0.1, -0.05) is 6.92 Å². The van der Waals surface area contributed by atoms with Crippen molar-refractivity contribution in [3.8, 4) is 0 Å².